The van der Waals surface area contributed by atoms with Gasteiger partial charge in [-0.05, 0) is 47.0 Å². The fourth-order valence-corrected chi connectivity index (χ4v) is 2.92. The molecule has 0 bridgehead atoms. The van der Waals surface area contributed by atoms with E-state index in [1.54, 1.807) is 23.7 Å². The van der Waals surface area contributed by atoms with Crippen LogP contribution in [-0.4, -0.2) is 33.6 Å². The van der Waals surface area contributed by atoms with Gasteiger partial charge in [0.2, 0.25) is 12.1 Å². The van der Waals surface area contributed by atoms with E-state index in [1.807, 2.05) is 4.90 Å². The number of benzene rings is 1. The minimum Gasteiger partial charge on any atom is -0.382 e. The van der Waals surface area contributed by atoms with Crippen molar-refractivity contribution >= 4 is 17.3 Å². The molecule has 1 aliphatic rings. The van der Waals surface area contributed by atoms with Gasteiger partial charge in [-0.1, -0.05) is 0 Å². The number of rotatable bonds is 4. The lowest BCUT2D eigenvalue weighted by Crippen LogP contribution is -2.40. The van der Waals surface area contributed by atoms with Gasteiger partial charge in [-0.3, -0.25) is 4.57 Å². The average molecular weight is 319 g/mol. The van der Waals surface area contributed by atoms with E-state index in [0.29, 0.717) is 18.9 Å². The average Bonchev–Trinajstić information content (AvgIpc) is 2.92. The SMILES string of the molecule is Cn1cnc([N+](=O)[O-])c1N1CCC(Nc2ccc(F)cc2)CC1. The molecule has 1 aromatic heterocycles. The van der Waals surface area contributed by atoms with Crippen LogP contribution in [-0.2, 0) is 7.05 Å². The van der Waals surface area contributed by atoms with E-state index >= 15 is 0 Å². The van der Waals surface area contributed by atoms with Gasteiger partial charge in [-0.25, -0.2) is 4.39 Å². The molecule has 122 valence electrons. The van der Waals surface area contributed by atoms with E-state index in [0.717, 1.165) is 18.5 Å². The van der Waals surface area contributed by atoms with Gasteiger partial charge in [-0.15, -0.1) is 0 Å². The number of halogens is 1. The van der Waals surface area contributed by atoms with Crippen molar-refractivity contribution in [1.82, 2.24) is 9.55 Å². The van der Waals surface area contributed by atoms with E-state index in [-0.39, 0.29) is 17.7 Å². The van der Waals surface area contributed by atoms with Gasteiger partial charge < -0.3 is 20.3 Å². The van der Waals surface area contributed by atoms with Crippen LogP contribution in [0.25, 0.3) is 0 Å². The number of imidazole rings is 1. The molecule has 2 heterocycles. The van der Waals surface area contributed by atoms with Crippen LogP contribution in [0.3, 0.4) is 0 Å². The maximum absolute atomic E-state index is 12.9. The molecule has 1 fully saturated rings. The van der Waals surface area contributed by atoms with Crippen molar-refractivity contribution in [2.75, 3.05) is 23.3 Å². The maximum Gasteiger partial charge on any atom is 0.406 e. The van der Waals surface area contributed by atoms with Crippen molar-refractivity contribution in [3.05, 3.63) is 46.5 Å². The second-order valence-corrected chi connectivity index (χ2v) is 5.67. The maximum atomic E-state index is 12.9. The lowest BCUT2D eigenvalue weighted by atomic mass is 10.0. The number of aromatic nitrogens is 2. The highest BCUT2D eigenvalue weighted by molar-refractivity contribution is 5.55. The van der Waals surface area contributed by atoms with Gasteiger partial charge >= 0.3 is 5.82 Å². The first kappa shape index (κ1) is 15.3. The summed E-state index contributed by atoms with van der Waals surface area (Å²) in [6.45, 7) is 1.42. The Morgan fingerprint density at radius 2 is 1.96 bits per heavy atom. The largest absolute Gasteiger partial charge is 0.406 e. The summed E-state index contributed by atoms with van der Waals surface area (Å²) in [5.74, 6) is 0.196. The molecule has 0 saturated carbocycles. The molecule has 8 heteroatoms. The zero-order valence-corrected chi connectivity index (χ0v) is 12.8. The predicted octanol–water partition coefficient (Wildman–Crippen LogP) is 2.55. The van der Waals surface area contributed by atoms with Crippen molar-refractivity contribution in [3.63, 3.8) is 0 Å². The summed E-state index contributed by atoms with van der Waals surface area (Å²) < 4.78 is 14.6. The molecule has 1 saturated heterocycles. The zero-order chi connectivity index (χ0) is 16.4. The monoisotopic (exact) mass is 319 g/mol. The van der Waals surface area contributed by atoms with Gasteiger partial charge in [-0.2, -0.15) is 0 Å². The van der Waals surface area contributed by atoms with Crippen LogP contribution >= 0.6 is 0 Å². The quantitative estimate of drug-likeness (QED) is 0.692. The van der Waals surface area contributed by atoms with Crippen molar-refractivity contribution in [1.29, 1.82) is 0 Å². The molecule has 1 aliphatic heterocycles. The molecule has 1 aromatic carbocycles. The lowest BCUT2D eigenvalue weighted by molar-refractivity contribution is -0.388. The highest BCUT2D eigenvalue weighted by atomic mass is 19.1. The van der Waals surface area contributed by atoms with Crippen LogP contribution in [0.5, 0.6) is 0 Å². The number of anilines is 2. The minimum atomic E-state index is -0.446. The number of nitrogens with one attached hydrogen (secondary N) is 1. The first-order chi connectivity index (χ1) is 11.0. The van der Waals surface area contributed by atoms with Crippen molar-refractivity contribution in [2.24, 2.45) is 7.05 Å². The number of piperidine rings is 1. The minimum absolute atomic E-state index is 0.0996. The molecule has 0 unspecified atom stereocenters. The third kappa shape index (κ3) is 3.25. The molecule has 7 nitrogen and oxygen atoms in total. The Bertz CT molecular complexity index is 692. The van der Waals surface area contributed by atoms with E-state index in [9.17, 15) is 14.5 Å². The van der Waals surface area contributed by atoms with Gasteiger partial charge in [0, 0.05) is 31.9 Å². The Hall–Kier alpha value is -2.64. The Morgan fingerprint density at radius 1 is 1.30 bits per heavy atom. The number of hydrogen-bond donors (Lipinski definition) is 1. The first-order valence-corrected chi connectivity index (χ1v) is 7.47. The standard InChI is InChI=1S/C15H18FN5O2/c1-19-10-17-14(21(22)23)15(19)20-8-6-13(7-9-20)18-12-4-2-11(16)3-5-12/h2-5,10,13,18H,6-9H2,1H3. The van der Waals surface area contributed by atoms with E-state index in [2.05, 4.69) is 10.3 Å². The Kier molecular flexibility index (Phi) is 4.14. The second-order valence-electron chi connectivity index (χ2n) is 5.67. The van der Waals surface area contributed by atoms with E-state index < -0.39 is 4.92 Å². The Balaban J connectivity index is 1.63. The fourth-order valence-electron chi connectivity index (χ4n) is 2.92. The number of nitrogens with zero attached hydrogens (tertiary/aromatic N) is 4. The zero-order valence-electron chi connectivity index (χ0n) is 12.8. The highest BCUT2D eigenvalue weighted by Crippen LogP contribution is 2.29. The number of hydrogen-bond acceptors (Lipinski definition) is 5. The van der Waals surface area contributed by atoms with Crippen LogP contribution in [0.1, 0.15) is 12.8 Å². The third-order valence-corrected chi connectivity index (χ3v) is 4.07. The first-order valence-electron chi connectivity index (χ1n) is 7.47. The summed E-state index contributed by atoms with van der Waals surface area (Å²) >= 11 is 0. The normalized spacial score (nSPS) is 15.7. The summed E-state index contributed by atoms with van der Waals surface area (Å²) in [5, 5.41) is 14.4. The van der Waals surface area contributed by atoms with Crippen molar-refractivity contribution in [2.45, 2.75) is 18.9 Å². The fraction of sp³-hybridized carbons (Fsp3) is 0.400. The van der Waals surface area contributed by atoms with Crippen LogP contribution in [0.2, 0.25) is 0 Å². The van der Waals surface area contributed by atoms with Crippen molar-refractivity contribution < 1.29 is 9.31 Å². The number of aryl methyl sites for hydroxylation is 1. The predicted molar refractivity (Wildman–Crippen MR) is 85.1 cm³/mol. The second kappa shape index (κ2) is 6.23. The van der Waals surface area contributed by atoms with Gasteiger partial charge in [0.05, 0.1) is 0 Å². The van der Waals surface area contributed by atoms with E-state index in [1.165, 1.54) is 18.5 Å². The molecule has 3 rings (SSSR count). The molecule has 0 aliphatic carbocycles. The topological polar surface area (TPSA) is 76.2 Å². The molecular weight excluding hydrogens is 301 g/mol. The van der Waals surface area contributed by atoms with Crippen LogP contribution in [0, 0.1) is 15.9 Å². The molecule has 23 heavy (non-hydrogen) atoms. The third-order valence-electron chi connectivity index (χ3n) is 4.07. The molecule has 0 atom stereocenters. The lowest BCUT2D eigenvalue weighted by Gasteiger charge is -2.33. The summed E-state index contributed by atoms with van der Waals surface area (Å²) in [7, 11) is 1.76. The molecule has 0 spiro atoms. The summed E-state index contributed by atoms with van der Waals surface area (Å²) in [4.78, 5) is 16.5. The molecular formula is C15H18FN5O2. The van der Waals surface area contributed by atoms with E-state index in [4.69, 9.17) is 0 Å². The molecule has 0 amide bonds. The van der Waals surface area contributed by atoms with Crippen LogP contribution in [0.4, 0.5) is 21.7 Å². The summed E-state index contributed by atoms with van der Waals surface area (Å²) in [6.07, 6.45) is 3.16. The van der Waals surface area contributed by atoms with Gasteiger partial charge in [0.1, 0.15) is 5.82 Å². The van der Waals surface area contributed by atoms with Crippen molar-refractivity contribution in [3.8, 4) is 0 Å². The summed E-state index contributed by atoms with van der Waals surface area (Å²) in [5.41, 5.74) is 0.886. The molecule has 0 radical (unpaired) electrons. The number of nitro groups is 1. The smallest absolute Gasteiger partial charge is 0.382 e. The Morgan fingerprint density at radius 3 is 2.57 bits per heavy atom. The van der Waals surface area contributed by atoms with Crippen LogP contribution < -0.4 is 10.2 Å². The Labute approximate surface area is 132 Å². The molecule has 2 aromatic rings. The van der Waals surface area contributed by atoms with Gasteiger partial charge in [0.25, 0.3) is 0 Å². The van der Waals surface area contributed by atoms with Gasteiger partial charge in [0.15, 0.2) is 0 Å². The highest BCUT2D eigenvalue weighted by Gasteiger charge is 2.28. The molecule has 1 N–H and O–H groups in total. The van der Waals surface area contributed by atoms with Crippen LogP contribution in [0.15, 0.2) is 30.6 Å². The summed E-state index contributed by atoms with van der Waals surface area (Å²) in [6, 6.07) is 6.55.